The van der Waals surface area contributed by atoms with Gasteiger partial charge in [-0.25, -0.2) is 4.39 Å². The number of aryl methyl sites for hydroxylation is 1. The maximum Gasteiger partial charge on any atom is 0.123 e. The predicted octanol–water partition coefficient (Wildman–Crippen LogP) is 3.65. The van der Waals surface area contributed by atoms with Crippen LogP contribution in [0.5, 0.6) is 0 Å². The lowest BCUT2D eigenvalue weighted by Crippen LogP contribution is -2.37. The van der Waals surface area contributed by atoms with E-state index in [4.69, 9.17) is 5.73 Å². The molecule has 2 atom stereocenters. The fraction of sp³-hybridized carbons (Fsp3) is 0.333. The first kappa shape index (κ1) is 15.7. The SMILES string of the molecule is Cc1ccc(C(C(C)N)N(C)Cc2cccc(F)c2)cc1. The van der Waals surface area contributed by atoms with Crippen molar-refractivity contribution in [3.05, 3.63) is 71.0 Å². The van der Waals surface area contributed by atoms with Crippen LogP contribution in [-0.4, -0.2) is 18.0 Å². The Bertz CT molecular complexity index is 578. The van der Waals surface area contributed by atoms with Gasteiger partial charge >= 0.3 is 0 Å². The second kappa shape index (κ2) is 6.83. The first-order chi connectivity index (χ1) is 9.97. The van der Waals surface area contributed by atoms with Gasteiger partial charge in [-0.1, -0.05) is 42.0 Å². The molecule has 0 radical (unpaired) electrons. The minimum absolute atomic E-state index is 0.00809. The maximum atomic E-state index is 13.3. The Balaban J connectivity index is 2.19. The third-order valence-corrected chi connectivity index (χ3v) is 3.71. The number of nitrogens with two attached hydrogens (primary N) is 1. The summed E-state index contributed by atoms with van der Waals surface area (Å²) in [5.41, 5.74) is 9.55. The maximum absolute atomic E-state index is 13.3. The largest absolute Gasteiger partial charge is 0.326 e. The molecule has 2 aromatic carbocycles. The molecule has 3 heteroatoms. The molecule has 0 aromatic heterocycles. The van der Waals surface area contributed by atoms with Crippen LogP contribution in [0.15, 0.2) is 48.5 Å². The van der Waals surface area contributed by atoms with E-state index < -0.39 is 0 Å². The Hall–Kier alpha value is -1.71. The monoisotopic (exact) mass is 286 g/mol. The first-order valence-corrected chi connectivity index (χ1v) is 7.24. The number of benzene rings is 2. The molecule has 2 aromatic rings. The van der Waals surface area contributed by atoms with E-state index in [1.807, 2.05) is 20.0 Å². The smallest absolute Gasteiger partial charge is 0.123 e. The summed E-state index contributed by atoms with van der Waals surface area (Å²) in [6, 6.07) is 15.2. The molecule has 21 heavy (non-hydrogen) atoms. The van der Waals surface area contributed by atoms with Crippen molar-refractivity contribution in [1.29, 1.82) is 0 Å². The van der Waals surface area contributed by atoms with Gasteiger partial charge in [-0.3, -0.25) is 4.90 Å². The van der Waals surface area contributed by atoms with Gasteiger partial charge in [0.05, 0.1) is 0 Å². The predicted molar refractivity (Wildman–Crippen MR) is 85.4 cm³/mol. The minimum atomic E-state index is -0.200. The Kier molecular flexibility index (Phi) is 5.10. The second-order valence-electron chi connectivity index (χ2n) is 5.76. The van der Waals surface area contributed by atoms with Crippen molar-refractivity contribution in [2.75, 3.05) is 7.05 Å². The highest BCUT2D eigenvalue weighted by molar-refractivity contribution is 5.25. The molecule has 112 valence electrons. The normalized spacial score (nSPS) is 14.2. The zero-order valence-corrected chi connectivity index (χ0v) is 12.9. The third-order valence-electron chi connectivity index (χ3n) is 3.71. The second-order valence-corrected chi connectivity index (χ2v) is 5.76. The summed E-state index contributed by atoms with van der Waals surface area (Å²) in [6.45, 7) is 4.74. The highest BCUT2D eigenvalue weighted by Gasteiger charge is 2.21. The molecule has 0 aliphatic heterocycles. The van der Waals surface area contributed by atoms with E-state index in [0.29, 0.717) is 6.54 Å². The highest BCUT2D eigenvalue weighted by Crippen LogP contribution is 2.24. The van der Waals surface area contributed by atoms with Crippen LogP contribution in [0.25, 0.3) is 0 Å². The van der Waals surface area contributed by atoms with E-state index >= 15 is 0 Å². The molecular weight excluding hydrogens is 263 g/mol. The van der Waals surface area contributed by atoms with Gasteiger partial charge in [0.2, 0.25) is 0 Å². The summed E-state index contributed by atoms with van der Waals surface area (Å²) in [5, 5.41) is 0. The first-order valence-electron chi connectivity index (χ1n) is 7.24. The zero-order chi connectivity index (χ0) is 15.4. The molecule has 0 aliphatic rings. The van der Waals surface area contributed by atoms with E-state index in [9.17, 15) is 4.39 Å². The summed E-state index contributed by atoms with van der Waals surface area (Å²) in [6.07, 6.45) is 0. The number of halogens is 1. The summed E-state index contributed by atoms with van der Waals surface area (Å²) >= 11 is 0. The highest BCUT2D eigenvalue weighted by atomic mass is 19.1. The van der Waals surface area contributed by atoms with Gasteiger partial charge in [0, 0.05) is 18.6 Å². The molecule has 2 rings (SSSR count). The average molecular weight is 286 g/mol. The number of nitrogens with zero attached hydrogens (tertiary/aromatic N) is 1. The van der Waals surface area contributed by atoms with Gasteiger partial charge < -0.3 is 5.73 Å². The lowest BCUT2D eigenvalue weighted by Gasteiger charge is -2.31. The van der Waals surface area contributed by atoms with Gasteiger partial charge in [0.15, 0.2) is 0 Å². The van der Waals surface area contributed by atoms with Crippen LogP contribution in [0, 0.1) is 12.7 Å². The van der Waals surface area contributed by atoms with Crippen molar-refractivity contribution in [1.82, 2.24) is 4.90 Å². The third kappa shape index (κ3) is 4.13. The lowest BCUT2D eigenvalue weighted by molar-refractivity contribution is 0.210. The molecular formula is C18H23FN2. The molecule has 0 saturated heterocycles. The van der Waals surface area contributed by atoms with Crippen LogP contribution in [0.1, 0.15) is 29.7 Å². The fourth-order valence-corrected chi connectivity index (χ4v) is 2.74. The Morgan fingerprint density at radius 1 is 1.14 bits per heavy atom. The van der Waals surface area contributed by atoms with E-state index in [1.54, 1.807) is 12.1 Å². The molecule has 2 N–H and O–H groups in total. The average Bonchev–Trinajstić information content (AvgIpc) is 2.41. The topological polar surface area (TPSA) is 29.3 Å². The Morgan fingerprint density at radius 3 is 2.38 bits per heavy atom. The van der Waals surface area contributed by atoms with Crippen LogP contribution in [-0.2, 0) is 6.54 Å². The number of likely N-dealkylation sites (N-methyl/N-ethyl adjacent to an activating group) is 1. The van der Waals surface area contributed by atoms with Crippen LogP contribution < -0.4 is 5.73 Å². The molecule has 0 aliphatic carbocycles. The van der Waals surface area contributed by atoms with Crippen molar-refractivity contribution in [3.63, 3.8) is 0 Å². The summed E-state index contributed by atoms with van der Waals surface area (Å²) in [5.74, 6) is -0.200. The number of hydrogen-bond acceptors (Lipinski definition) is 2. The van der Waals surface area contributed by atoms with E-state index in [0.717, 1.165) is 5.56 Å². The van der Waals surface area contributed by atoms with Crippen molar-refractivity contribution in [2.45, 2.75) is 32.5 Å². The summed E-state index contributed by atoms with van der Waals surface area (Å²) in [7, 11) is 2.03. The van der Waals surface area contributed by atoms with E-state index in [1.165, 1.54) is 17.2 Å². The number of rotatable bonds is 5. The molecule has 2 nitrogen and oxygen atoms in total. The van der Waals surface area contributed by atoms with Gasteiger partial charge in [-0.15, -0.1) is 0 Å². The van der Waals surface area contributed by atoms with Crippen molar-refractivity contribution in [3.8, 4) is 0 Å². The van der Waals surface area contributed by atoms with Crippen LogP contribution in [0.2, 0.25) is 0 Å². The Labute approximate surface area is 126 Å². The van der Waals surface area contributed by atoms with Crippen molar-refractivity contribution in [2.24, 2.45) is 5.73 Å². The van der Waals surface area contributed by atoms with Crippen LogP contribution in [0.3, 0.4) is 0 Å². The standard InChI is InChI=1S/C18H23FN2/c1-13-7-9-16(10-8-13)18(14(2)20)21(3)12-15-5-4-6-17(19)11-15/h4-11,14,18H,12,20H2,1-3H3. The van der Waals surface area contributed by atoms with Crippen molar-refractivity contribution < 1.29 is 4.39 Å². The summed E-state index contributed by atoms with van der Waals surface area (Å²) < 4.78 is 13.3. The molecule has 0 amide bonds. The van der Waals surface area contributed by atoms with Crippen LogP contribution >= 0.6 is 0 Å². The van der Waals surface area contributed by atoms with Gasteiger partial charge in [0.25, 0.3) is 0 Å². The summed E-state index contributed by atoms with van der Waals surface area (Å²) in [4.78, 5) is 2.17. The molecule has 0 spiro atoms. The van der Waals surface area contributed by atoms with Gasteiger partial charge in [-0.2, -0.15) is 0 Å². The molecule has 2 unspecified atom stereocenters. The number of hydrogen-bond donors (Lipinski definition) is 1. The minimum Gasteiger partial charge on any atom is -0.326 e. The fourth-order valence-electron chi connectivity index (χ4n) is 2.74. The molecule has 0 fully saturated rings. The molecule has 0 saturated carbocycles. The van der Waals surface area contributed by atoms with E-state index in [2.05, 4.69) is 36.1 Å². The van der Waals surface area contributed by atoms with Crippen molar-refractivity contribution >= 4 is 0 Å². The quantitative estimate of drug-likeness (QED) is 0.909. The lowest BCUT2D eigenvalue weighted by atomic mass is 9.98. The van der Waals surface area contributed by atoms with Gasteiger partial charge in [0.1, 0.15) is 5.82 Å². The zero-order valence-electron chi connectivity index (χ0n) is 12.9. The van der Waals surface area contributed by atoms with Gasteiger partial charge in [-0.05, 0) is 44.2 Å². The van der Waals surface area contributed by atoms with E-state index in [-0.39, 0.29) is 17.9 Å². The Morgan fingerprint density at radius 2 is 1.81 bits per heavy atom. The molecule has 0 bridgehead atoms. The van der Waals surface area contributed by atoms with Crippen LogP contribution in [0.4, 0.5) is 4.39 Å². The molecule has 0 heterocycles.